The number of hydrogen-bond acceptors (Lipinski definition) is 4. The van der Waals surface area contributed by atoms with Gasteiger partial charge >= 0.3 is 0 Å². The first kappa shape index (κ1) is 15.4. The Labute approximate surface area is 114 Å². The maximum Gasteiger partial charge on any atom is 0.130 e. The molecule has 0 amide bonds. The largest absolute Gasteiger partial charge is 0.379 e. The number of rotatable bonds is 6. The second kappa shape index (κ2) is 6.02. The molecule has 0 radical (unpaired) electrons. The second-order valence-electron chi connectivity index (χ2n) is 5.21. The van der Waals surface area contributed by atoms with E-state index in [9.17, 15) is 0 Å². The van der Waals surface area contributed by atoms with Crippen LogP contribution in [0.25, 0.3) is 0 Å². The van der Waals surface area contributed by atoms with E-state index in [2.05, 4.69) is 10.5 Å². The van der Waals surface area contributed by atoms with Gasteiger partial charge in [-0.1, -0.05) is 11.6 Å². The van der Waals surface area contributed by atoms with Crippen LogP contribution in [0.2, 0.25) is 5.15 Å². The van der Waals surface area contributed by atoms with E-state index in [1.165, 1.54) is 0 Å². The summed E-state index contributed by atoms with van der Waals surface area (Å²) in [6.45, 7) is 6.03. The fraction of sp³-hybridized carbons (Fsp3) is 0.750. The quantitative estimate of drug-likeness (QED) is 0.611. The third-order valence-corrected chi connectivity index (χ3v) is 3.72. The van der Waals surface area contributed by atoms with E-state index in [0.717, 1.165) is 24.1 Å². The highest BCUT2D eigenvalue weighted by molar-refractivity contribution is 6.30. The van der Waals surface area contributed by atoms with E-state index in [1.54, 1.807) is 11.8 Å². The summed E-state index contributed by atoms with van der Waals surface area (Å²) >= 11 is 6.22. The first-order valence-electron chi connectivity index (χ1n) is 6.00. The van der Waals surface area contributed by atoms with E-state index in [4.69, 9.17) is 22.2 Å². The molecule has 0 aliphatic carbocycles. The Hall–Kier alpha value is -0.620. The molecule has 6 heteroatoms. The number of aryl methyl sites for hydroxylation is 2. The average Bonchev–Trinajstić information content (AvgIpc) is 2.54. The zero-order valence-corrected chi connectivity index (χ0v) is 12.5. The van der Waals surface area contributed by atoms with Gasteiger partial charge in [0.05, 0.1) is 11.3 Å². The van der Waals surface area contributed by atoms with Crippen molar-refractivity contribution in [3.05, 3.63) is 16.4 Å². The van der Waals surface area contributed by atoms with E-state index >= 15 is 0 Å². The molecule has 0 aliphatic heterocycles. The number of hydrogen-bond donors (Lipinski definition) is 2. The van der Waals surface area contributed by atoms with Gasteiger partial charge in [0.15, 0.2) is 0 Å². The monoisotopic (exact) mass is 274 g/mol. The van der Waals surface area contributed by atoms with Gasteiger partial charge in [0.2, 0.25) is 0 Å². The van der Waals surface area contributed by atoms with Crippen molar-refractivity contribution < 1.29 is 4.74 Å². The lowest BCUT2D eigenvalue weighted by Gasteiger charge is -2.28. The highest BCUT2D eigenvalue weighted by Gasteiger charge is 2.24. The summed E-state index contributed by atoms with van der Waals surface area (Å²) in [6.07, 6.45) is 1.53. The van der Waals surface area contributed by atoms with Crippen molar-refractivity contribution in [3.8, 4) is 0 Å². The summed E-state index contributed by atoms with van der Waals surface area (Å²) in [7, 11) is 3.54. The molecule has 0 fully saturated rings. The second-order valence-corrected chi connectivity index (χ2v) is 5.57. The Morgan fingerprint density at radius 2 is 2.17 bits per heavy atom. The van der Waals surface area contributed by atoms with Crippen molar-refractivity contribution in [1.29, 1.82) is 0 Å². The first-order chi connectivity index (χ1) is 8.30. The van der Waals surface area contributed by atoms with Crippen LogP contribution in [0.15, 0.2) is 0 Å². The SMILES string of the molecule is COC(C)(C)CC(Cc1c(C)nn(C)c1Cl)NN. The smallest absolute Gasteiger partial charge is 0.130 e. The fourth-order valence-corrected chi connectivity index (χ4v) is 2.27. The number of hydrazine groups is 1. The molecule has 1 aromatic rings. The summed E-state index contributed by atoms with van der Waals surface area (Å²) in [5.74, 6) is 5.61. The molecule has 0 aromatic carbocycles. The van der Waals surface area contributed by atoms with Crippen LogP contribution >= 0.6 is 11.6 Å². The fourth-order valence-electron chi connectivity index (χ4n) is 2.02. The molecule has 1 unspecified atom stereocenters. The van der Waals surface area contributed by atoms with E-state index in [-0.39, 0.29) is 11.6 Å². The third kappa shape index (κ3) is 3.68. The number of nitrogens with one attached hydrogen (secondary N) is 1. The zero-order valence-electron chi connectivity index (χ0n) is 11.7. The van der Waals surface area contributed by atoms with Crippen LogP contribution in [-0.4, -0.2) is 28.5 Å². The van der Waals surface area contributed by atoms with Crippen LogP contribution in [0.1, 0.15) is 31.5 Å². The highest BCUT2D eigenvalue weighted by atomic mass is 35.5. The molecule has 104 valence electrons. The zero-order chi connectivity index (χ0) is 13.9. The molecule has 1 aromatic heterocycles. The lowest BCUT2D eigenvalue weighted by molar-refractivity contribution is 0.00709. The van der Waals surface area contributed by atoms with Gasteiger partial charge in [-0.3, -0.25) is 16.0 Å². The molecule has 0 saturated carbocycles. The molecule has 0 aliphatic rings. The normalized spacial score (nSPS) is 13.9. The number of methoxy groups -OCH3 is 1. The number of aromatic nitrogens is 2. The number of nitrogens with two attached hydrogens (primary N) is 1. The summed E-state index contributed by atoms with van der Waals surface area (Å²) in [6, 6.07) is 0.0975. The van der Waals surface area contributed by atoms with E-state index in [1.807, 2.05) is 27.8 Å². The molecular weight excluding hydrogens is 252 g/mol. The van der Waals surface area contributed by atoms with Crippen LogP contribution in [0.4, 0.5) is 0 Å². The Balaban J connectivity index is 2.80. The molecule has 0 bridgehead atoms. The lowest BCUT2D eigenvalue weighted by atomic mass is 9.94. The molecule has 0 spiro atoms. The van der Waals surface area contributed by atoms with Gasteiger partial charge in [-0.2, -0.15) is 5.10 Å². The topological polar surface area (TPSA) is 65.1 Å². The molecular formula is C12H23ClN4O. The molecule has 1 atom stereocenters. The Morgan fingerprint density at radius 3 is 2.56 bits per heavy atom. The van der Waals surface area contributed by atoms with Crippen LogP contribution in [-0.2, 0) is 18.2 Å². The minimum atomic E-state index is -0.223. The lowest BCUT2D eigenvalue weighted by Crippen LogP contribution is -2.42. The molecule has 0 saturated heterocycles. The van der Waals surface area contributed by atoms with Crippen molar-refractivity contribution in [2.75, 3.05) is 7.11 Å². The minimum Gasteiger partial charge on any atom is -0.379 e. The van der Waals surface area contributed by atoms with Crippen molar-refractivity contribution in [2.24, 2.45) is 12.9 Å². The first-order valence-corrected chi connectivity index (χ1v) is 6.37. The van der Waals surface area contributed by atoms with Gasteiger partial charge in [0.1, 0.15) is 5.15 Å². The van der Waals surface area contributed by atoms with Gasteiger partial charge in [-0.05, 0) is 33.6 Å². The van der Waals surface area contributed by atoms with Crippen molar-refractivity contribution in [3.63, 3.8) is 0 Å². The van der Waals surface area contributed by atoms with Crippen molar-refractivity contribution in [1.82, 2.24) is 15.2 Å². The Kier molecular flexibility index (Phi) is 5.16. The summed E-state index contributed by atoms with van der Waals surface area (Å²) in [5.41, 5.74) is 4.59. The molecule has 5 nitrogen and oxygen atoms in total. The van der Waals surface area contributed by atoms with Gasteiger partial charge in [0, 0.05) is 25.8 Å². The molecule has 18 heavy (non-hydrogen) atoms. The maximum absolute atomic E-state index is 6.22. The van der Waals surface area contributed by atoms with Crippen LogP contribution in [0.5, 0.6) is 0 Å². The van der Waals surface area contributed by atoms with Crippen molar-refractivity contribution >= 4 is 11.6 Å². The maximum atomic E-state index is 6.22. The van der Waals surface area contributed by atoms with Gasteiger partial charge in [0.25, 0.3) is 0 Å². The van der Waals surface area contributed by atoms with E-state index < -0.39 is 0 Å². The highest BCUT2D eigenvalue weighted by Crippen LogP contribution is 2.23. The summed E-state index contributed by atoms with van der Waals surface area (Å²) in [4.78, 5) is 0. The Bertz CT molecular complexity index is 403. The summed E-state index contributed by atoms with van der Waals surface area (Å²) < 4.78 is 7.11. The molecule has 1 rings (SSSR count). The van der Waals surface area contributed by atoms with Gasteiger partial charge < -0.3 is 4.74 Å². The Morgan fingerprint density at radius 1 is 1.56 bits per heavy atom. The molecule has 3 N–H and O–H groups in total. The van der Waals surface area contributed by atoms with Crippen LogP contribution < -0.4 is 11.3 Å². The predicted molar refractivity (Wildman–Crippen MR) is 73.5 cm³/mol. The summed E-state index contributed by atoms with van der Waals surface area (Å²) in [5, 5.41) is 4.97. The van der Waals surface area contributed by atoms with E-state index in [0.29, 0.717) is 5.15 Å². The molecule has 1 heterocycles. The van der Waals surface area contributed by atoms with Crippen molar-refractivity contribution in [2.45, 2.75) is 45.3 Å². The average molecular weight is 275 g/mol. The van der Waals surface area contributed by atoms with Gasteiger partial charge in [-0.25, -0.2) is 0 Å². The third-order valence-electron chi connectivity index (χ3n) is 3.25. The van der Waals surface area contributed by atoms with Crippen LogP contribution in [0.3, 0.4) is 0 Å². The minimum absolute atomic E-state index is 0.0975. The van der Waals surface area contributed by atoms with Gasteiger partial charge in [-0.15, -0.1) is 0 Å². The standard InChI is InChI=1S/C12H23ClN4O/c1-8-10(11(13)17(4)16-8)6-9(15-14)7-12(2,3)18-5/h9,15H,6-7,14H2,1-5H3. The number of halogens is 1. The predicted octanol–water partition coefficient (Wildman–Crippen LogP) is 1.57. The van der Waals surface area contributed by atoms with Crippen LogP contribution in [0, 0.1) is 6.92 Å². The number of nitrogens with zero attached hydrogens (tertiary/aromatic N) is 2. The number of ether oxygens (including phenoxy) is 1.